The van der Waals surface area contributed by atoms with Crippen molar-refractivity contribution in [3.63, 3.8) is 0 Å². The second kappa shape index (κ2) is 10.3. The summed E-state index contributed by atoms with van der Waals surface area (Å²) < 4.78 is 1.84. The number of benzene rings is 2. The number of fused-ring (bicyclic) bond motifs is 1. The molecule has 0 saturated carbocycles. The van der Waals surface area contributed by atoms with Gasteiger partial charge in [-0.1, -0.05) is 24.3 Å². The lowest BCUT2D eigenvalue weighted by Gasteiger charge is -2.34. The average Bonchev–Trinajstić information content (AvgIpc) is 3.17. The van der Waals surface area contributed by atoms with Crippen LogP contribution in [-0.4, -0.2) is 64.3 Å². The Balaban J connectivity index is 0.000000868. The summed E-state index contributed by atoms with van der Waals surface area (Å²) in [5, 5.41) is 8.91. The second-order valence-electron chi connectivity index (χ2n) is 8.34. The number of nitrogens with one attached hydrogen (secondary N) is 1. The molecule has 9 nitrogen and oxygen atoms in total. The number of carbonyl (C=O) groups is 1. The van der Waals surface area contributed by atoms with Crippen molar-refractivity contribution < 1.29 is 4.79 Å². The number of para-hydroxylation sites is 1. The van der Waals surface area contributed by atoms with Gasteiger partial charge in [0.15, 0.2) is 0 Å². The van der Waals surface area contributed by atoms with Crippen LogP contribution in [0.2, 0.25) is 0 Å². The molecule has 3 N–H and O–H groups in total. The molecule has 176 valence electrons. The van der Waals surface area contributed by atoms with Crippen LogP contribution in [0.15, 0.2) is 54.9 Å². The molecule has 0 atom stereocenters. The van der Waals surface area contributed by atoms with Crippen LogP contribution in [0.4, 0.5) is 17.3 Å². The fraction of sp³-hybridized carbons (Fsp3) is 0.280. The topological polar surface area (TPSA) is 105 Å². The average molecular weight is 459 g/mol. The van der Waals surface area contributed by atoms with Crippen molar-refractivity contribution in [1.82, 2.24) is 24.6 Å². The van der Waals surface area contributed by atoms with Crippen LogP contribution in [0.25, 0.3) is 22.0 Å². The molecule has 5 rings (SSSR count). The standard InChI is InChI=1S/C24H27N7.CH3NO/c1-17-22(16-30(3)28-17)21-9-4-6-18-15-25-24(27-23(18)21)26-19-7-5-8-20(14-19)31-12-10-29(2)11-13-31;2-1-3/h4-9,14-16H,10-13H2,1-3H3,(H,25,26,27);1H,(H2,2,3). The molecule has 34 heavy (non-hydrogen) atoms. The first-order valence-corrected chi connectivity index (χ1v) is 11.2. The van der Waals surface area contributed by atoms with Gasteiger partial charge in [-0.25, -0.2) is 9.97 Å². The van der Waals surface area contributed by atoms with Crippen molar-refractivity contribution in [3.8, 4) is 11.1 Å². The highest BCUT2D eigenvalue weighted by Gasteiger charge is 2.15. The van der Waals surface area contributed by atoms with E-state index >= 15 is 0 Å². The number of primary amides is 1. The molecule has 0 bridgehead atoms. The normalized spacial score (nSPS) is 13.9. The van der Waals surface area contributed by atoms with Crippen molar-refractivity contribution in [2.45, 2.75) is 6.92 Å². The molecule has 0 unspecified atom stereocenters. The molecule has 1 aliphatic rings. The van der Waals surface area contributed by atoms with Crippen molar-refractivity contribution in [2.24, 2.45) is 12.8 Å². The highest BCUT2D eigenvalue weighted by Crippen LogP contribution is 2.30. The van der Waals surface area contributed by atoms with E-state index < -0.39 is 0 Å². The minimum atomic E-state index is 0.250. The molecule has 2 aromatic heterocycles. The zero-order chi connectivity index (χ0) is 24.1. The van der Waals surface area contributed by atoms with Crippen LogP contribution in [0.3, 0.4) is 0 Å². The predicted molar refractivity (Wildman–Crippen MR) is 136 cm³/mol. The molecule has 4 aromatic rings. The van der Waals surface area contributed by atoms with Crippen LogP contribution in [0.1, 0.15) is 5.69 Å². The molecular formula is C25H30N8O. The first-order chi connectivity index (χ1) is 16.5. The van der Waals surface area contributed by atoms with E-state index in [0.29, 0.717) is 5.95 Å². The largest absolute Gasteiger partial charge is 0.372 e. The summed E-state index contributed by atoms with van der Waals surface area (Å²) in [7, 11) is 4.12. The Morgan fingerprint density at radius 1 is 1.03 bits per heavy atom. The quantitative estimate of drug-likeness (QED) is 0.453. The third-order valence-corrected chi connectivity index (χ3v) is 5.89. The maximum Gasteiger partial charge on any atom is 0.227 e. The fourth-order valence-electron chi connectivity index (χ4n) is 4.17. The SMILES string of the molecule is Cc1nn(C)cc1-c1cccc2cnc(Nc3cccc(N4CCN(C)CC4)c3)nc12.NC=O. The van der Waals surface area contributed by atoms with Crippen molar-refractivity contribution >= 4 is 34.6 Å². The van der Waals surface area contributed by atoms with Gasteiger partial charge in [-0.15, -0.1) is 0 Å². The van der Waals surface area contributed by atoms with E-state index in [2.05, 4.69) is 68.3 Å². The number of aromatic nitrogens is 4. The predicted octanol–water partition coefficient (Wildman–Crippen LogP) is 2.94. The third-order valence-electron chi connectivity index (χ3n) is 5.89. The summed E-state index contributed by atoms with van der Waals surface area (Å²) in [6, 6.07) is 14.7. The summed E-state index contributed by atoms with van der Waals surface area (Å²) in [5.74, 6) is 0.594. The molecule has 3 heterocycles. The van der Waals surface area contributed by atoms with E-state index in [1.165, 1.54) is 5.69 Å². The van der Waals surface area contributed by atoms with E-state index in [0.717, 1.165) is 59.6 Å². The lowest BCUT2D eigenvalue weighted by atomic mass is 10.0. The van der Waals surface area contributed by atoms with Crippen LogP contribution in [-0.2, 0) is 11.8 Å². The Bertz CT molecular complexity index is 1280. The Morgan fingerprint density at radius 3 is 2.47 bits per heavy atom. The number of hydrogen-bond donors (Lipinski definition) is 2. The summed E-state index contributed by atoms with van der Waals surface area (Å²) in [6.45, 7) is 6.28. The second-order valence-corrected chi connectivity index (χ2v) is 8.34. The third kappa shape index (κ3) is 5.15. The van der Waals surface area contributed by atoms with Gasteiger partial charge in [0.2, 0.25) is 12.4 Å². The number of nitrogens with two attached hydrogens (primary N) is 1. The van der Waals surface area contributed by atoms with Gasteiger partial charge in [-0.2, -0.15) is 5.10 Å². The number of carbonyl (C=O) groups excluding carboxylic acids is 1. The summed E-state index contributed by atoms with van der Waals surface area (Å²) in [5.41, 5.74) is 10.5. The monoisotopic (exact) mass is 458 g/mol. The van der Waals surface area contributed by atoms with Gasteiger partial charge >= 0.3 is 0 Å². The van der Waals surface area contributed by atoms with E-state index in [4.69, 9.17) is 9.78 Å². The first kappa shape index (κ1) is 23.2. The zero-order valence-electron chi connectivity index (χ0n) is 19.8. The van der Waals surface area contributed by atoms with Crippen LogP contribution in [0, 0.1) is 6.92 Å². The molecule has 0 aliphatic carbocycles. The van der Waals surface area contributed by atoms with Crippen LogP contribution < -0.4 is 16.0 Å². The van der Waals surface area contributed by atoms with E-state index in [1.54, 1.807) is 0 Å². The number of nitrogens with zero attached hydrogens (tertiary/aromatic N) is 6. The lowest BCUT2D eigenvalue weighted by molar-refractivity contribution is -0.106. The minimum Gasteiger partial charge on any atom is -0.372 e. The fourth-order valence-corrected chi connectivity index (χ4v) is 4.17. The van der Waals surface area contributed by atoms with Gasteiger partial charge in [0.05, 0.1) is 11.2 Å². The van der Waals surface area contributed by atoms with Crippen molar-refractivity contribution in [3.05, 3.63) is 60.6 Å². The summed E-state index contributed by atoms with van der Waals surface area (Å²) in [4.78, 5) is 22.8. The van der Waals surface area contributed by atoms with Gasteiger partial charge in [-0.05, 0) is 32.2 Å². The lowest BCUT2D eigenvalue weighted by Crippen LogP contribution is -2.44. The molecule has 1 aliphatic heterocycles. The number of aryl methyl sites for hydroxylation is 2. The Hall–Kier alpha value is -3.98. The summed E-state index contributed by atoms with van der Waals surface area (Å²) >= 11 is 0. The van der Waals surface area contributed by atoms with Gasteiger partial charge in [0, 0.05) is 73.5 Å². The number of anilines is 3. The smallest absolute Gasteiger partial charge is 0.227 e. The molecular weight excluding hydrogens is 428 g/mol. The molecule has 1 amide bonds. The molecule has 1 fully saturated rings. The molecule has 2 aromatic carbocycles. The number of likely N-dealkylation sites (N-methyl/N-ethyl adjacent to an activating group) is 1. The summed E-state index contributed by atoms with van der Waals surface area (Å²) in [6.07, 6.45) is 4.17. The van der Waals surface area contributed by atoms with E-state index in [-0.39, 0.29) is 6.41 Å². The molecule has 9 heteroatoms. The van der Waals surface area contributed by atoms with Gasteiger partial charge in [0.1, 0.15) is 0 Å². The maximum atomic E-state index is 8.58. The Morgan fingerprint density at radius 2 is 1.76 bits per heavy atom. The highest BCUT2D eigenvalue weighted by atomic mass is 16.1. The zero-order valence-corrected chi connectivity index (χ0v) is 19.8. The van der Waals surface area contributed by atoms with E-state index in [1.807, 2.05) is 43.2 Å². The van der Waals surface area contributed by atoms with Gasteiger partial charge in [0.25, 0.3) is 0 Å². The Labute approximate surface area is 199 Å². The van der Waals surface area contributed by atoms with Gasteiger partial charge in [-0.3, -0.25) is 9.48 Å². The number of amides is 1. The van der Waals surface area contributed by atoms with Crippen LogP contribution in [0.5, 0.6) is 0 Å². The number of piperazine rings is 1. The maximum absolute atomic E-state index is 8.58. The number of rotatable bonds is 4. The molecule has 1 saturated heterocycles. The van der Waals surface area contributed by atoms with Crippen molar-refractivity contribution in [1.29, 1.82) is 0 Å². The van der Waals surface area contributed by atoms with Crippen LogP contribution >= 0.6 is 0 Å². The first-order valence-electron chi connectivity index (χ1n) is 11.2. The molecule has 0 spiro atoms. The van der Waals surface area contributed by atoms with E-state index in [9.17, 15) is 0 Å². The molecule has 0 radical (unpaired) electrons. The van der Waals surface area contributed by atoms with Gasteiger partial charge < -0.3 is 20.9 Å². The number of hydrogen-bond acceptors (Lipinski definition) is 7. The van der Waals surface area contributed by atoms with Crippen molar-refractivity contribution in [2.75, 3.05) is 43.4 Å². The highest BCUT2D eigenvalue weighted by molar-refractivity contribution is 5.94. The Kier molecular flexibility index (Phi) is 7.03. The minimum absolute atomic E-state index is 0.250.